The standard InChI is InChI=1S/C20H23FN4S.HI/c1-3-23-20(24-12-16-6-4-5-15(9-16)11-22)25-13-17-7-8-19(21)10-18(17)14-26-2;/h4-10H,3,12-14H2,1-2H3,(H2,23,24,25);1H. The summed E-state index contributed by atoms with van der Waals surface area (Å²) in [5, 5.41) is 15.5. The summed E-state index contributed by atoms with van der Waals surface area (Å²) < 4.78 is 13.5. The third-order valence-corrected chi connectivity index (χ3v) is 4.33. The Hall–Kier alpha value is -1.79. The number of halogens is 2. The molecule has 2 N–H and O–H groups in total. The van der Waals surface area contributed by atoms with Gasteiger partial charge >= 0.3 is 0 Å². The lowest BCUT2D eigenvalue weighted by Gasteiger charge is -2.14. The lowest BCUT2D eigenvalue weighted by Crippen LogP contribution is -2.37. The maximum Gasteiger partial charge on any atom is 0.191 e. The highest BCUT2D eigenvalue weighted by atomic mass is 127. The van der Waals surface area contributed by atoms with Crippen LogP contribution in [0.2, 0.25) is 0 Å². The molecule has 0 amide bonds. The predicted molar refractivity (Wildman–Crippen MR) is 122 cm³/mol. The van der Waals surface area contributed by atoms with Crippen LogP contribution in [0.1, 0.15) is 29.2 Å². The molecule has 0 saturated carbocycles. The minimum Gasteiger partial charge on any atom is -0.357 e. The number of benzene rings is 2. The van der Waals surface area contributed by atoms with E-state index in [1.165, 1.54) is 6.07 Å². The zero-order valence-corrected chi connectivity index (χ0v) is 18.6. The van der Waals surface area contributed by atoms with Crippen molar-refractivity contribution in [2.45, 2.75) is 25.8 Å². The first-order chi connectivity index (χ1) is 12.7. The Morgan fingerprint density at radius 2 is 2.00 bits per heavy atom. The summed E-state index contributed by atoms with van der Waals surface area (Å²) in [5.74, 6) is 1.24. The molecule has 0 aliphatic carbocycles. The largest absolute Gasteiger partial charge is 0.357 e. The Morgan fingerprint density at radius 3 is 2.70 bits per heavy atom. The van der Waals surface area contributed by atoms with Crippen LogP contribution >= 0.6 is 35.7 Å². The number of guanidine groups is 1. The molecule has 0 atom stereocenters. The molecule has 0 fully saturated rings. The number of aliphatic imine (C=N–C) groups is 1. The second-order valence-electron chi connectivity index (χ2n) is 5.71. The van der Waals surface area contributed by atoms with Crippen LogP contribution in [-0.2, 0) is 18.8 Å². The van der Waals surface area contributed by atoms with Crippen molar-refractivity contribution in [3.63, 3.8) is 0 Å². The number of thioether (sulfide) groups is 1. The Bertz CT molecular complexity index is 805. The quantitative estimate of drug-likeness (QED) is 0.337. The molecule has 2 rings (SSSR count). The summed E-state index contributed by atoms with van der Waals surface area (Å²) in [6.45, 7) is 3.79. The summed E-state index contributed by atoms with van der Waals surface area (Å²) in [4.78, 5) is 4.57. The van der Waals surface area contributed by atoms with Gasteiger partial charge in [-0.1, -0.05) is 18.2 Å². The summed E-state index contributed by atoms with van der Waals surface area (Å²) in [6.07, 6.45) is 2.00. The first kappa shape index (κ1) is 23.2. The lowest BCUT2D eigenvalue weighted by atomic mass is 10.1. The van der Waals surface area contributed by atoms with Crippen molar-refractivity contribution in [1.29, 1.82) is 5.26 Å². The minimum absolute atomic E-state index is 0. The van der Waals surface area contributed by atoms with E-state index >= 15 is 0 Å². The molecule has 144 valence electrons. The van der Waals surface area contributed by atoms with Gasteiger partial charge < -0.3 is 10.6 Å². The Kier molecular flexibility index (Phi) is 10.8. The fourth-order valence-corrected chi connectivity index (χ4v) is 3.07. The average Bonchev–Trinajstić information content (AvgIpc) is 2.65. The van der Waals surface area contributed by atoms with Gasteiger partial charge in [-0.25, -0.2) is 9.38 Å². The van der Waals surface area contributed by atoms with Crippen molar-refractivity contribution in [1.82, 2.24) is 10.6 Å². The van der Waals surface area contributed by atoms with Gasteiger partial charge in [0.2, 0.25) is 0 Å². The highest BCUT2D eigenvalue weighted by molar-refractivity contribution is 14.0. The molecule has 0 heterocycles. The maximum absolute atomic E-state index is 13.5. The van der Waals surface area contributed by atoms with Crippen molar-refractivity contribution in [3.8, 4) is 6.07 Å². The first-order valence-electron chi connectivity index (χ1n) is 8.43. The van der Waals surface area contributed by atoms with Crippen molar-refractivity contribution in [2.24, 2.45) is 4.99 Å². The SMILES string of the molecule is CCNC(=NCc1cccc(C#N)c1)NCc1ccc(F)cc1CSC.I. The molecule has 0 bridgehead atoms. The third-order valence-electron chi connectivity index (χ3n) is 3.73. The van der Waals surface area contributed by atoms with Gasteiger partial charge in [-0.15, -0.1) is 24.0 Å². The van der Waals surface area contributed by atoms with Crippen LogP contribution in [0.15, 0.2) is 47.5 Å². The Balaban J connectivity index is 0.00000364. The Morgan fingerprint density at radius 1 is 1.19 bits per heavy atom. The second kappa shape index (κ2) is 12.6. The van der Waals surface area contributed by atoms with E-state index in [1.807, 2.05) is 37.4 Å². The molecular weight excluding hydrogens is 474 g/mol. The van der Waals surface area contributed by atoms with E-state index in [-0.39, 0.29) is 29.8 Å². The smallest absolute Gasteiger partial charge is 0.191 e. The first-order valence-corrected chi connectivity index (χ1v) is 9.83. The van der Waals surface area contributed by atoms with Crippen molar-refractivity contribution >= 4 is 41.7 Å². The highest BCUT2D eigenvalue weighted by Gasteiger charge is 2.05. The summed E-state index contributed by atoms with van der Waals surface area (Å²) in [5.41, 5.74) is 3.65. The minimum atomic E-state index is -0.212. The molecule has 0 saturated heterocycles. The van der Waals surface area contributed by atoms with Crippen LogP contribution in [0.5, 0.6) is 0 Å². The number of nitriles is 1. The zero-order chi connectivity index (χ0) is 18.8. The molecule has 27 heavy (non-hydrogen) atoms. The fourth-order valence-electron chi connectivity index (χ4n) is 2.49. The van der Waals surface area contributed by atoms with Gasteiger partial charge in [0, 0.05) is 18.8 Å². The highest BCUT2D eigenvalue weighted by Crippen LogP contribution is 2.16. The van der Waals surface area contributed by atoms with Crippen LogP contribution in [-0.4, -0.2) is 18.8 Å². The number of hydrogen-bond donors (Lipinski definition) is 2. The van der Waals surface area contributed by atoms with Crippen LogP contribution < -0.4 is 10.6 Å². The molecule has 4 nitrogen and oxygen atoms in total. The summed E-state index contributed by atoms with van der Waals surface area (Å²) >= 11 is 1.67. The van der Waals surface area contributed by atoms with E-state index in [1.54, 1.807) is 23.9 Å². The maximum atomic E-state index is 13.5. The van der Waals surface area contributed by atoms with Gasteiger partial charge in [-0.2, -0.15) is 17.0 Å². The van der Waals surface area contributed by atoms with Crippen LogP contribution in [0, 0.1) is 17.1 Å². The molecule has 0 aliphatic rings. The second-order valence-corrected chi connectivity index (χ2v) is 6.57. The van der Waals surface area contributed by atoms with Gasteiger partial charge in [-0.05, 0) is 54.1 Å². The molecule has 0 spiro atoms. The molecular formula is C20H24FIN4S. The number of nitrogens with one attached hydrogen (secondary N) is 2. The third kappa shape index (κ3) is 7.77. The van der Waals surface area contributed by atoms with Crippen LogP contribution in [0.3, 0.4) is 0 Å². The van der Waals surface area contributed by atoms with E-state index < -0.39 is 0 Å². The van der Waals surface area contributed by atoms with E-state index in [0.29, 0.717) is 24.6 Å². The molecule has 0 radical (unpaired) electrons. The van der Waals surface area contributed by atoms with E-state index in [0.717, 1.165) is 29.0 Å². The van der Waals surface area contributed by atoms with E-state index in [9.17, 15) is 4.39 Å². The van der Waals surface area contributed by atoms with Crippen LogP contribution in [0.25, 0.3) is 0 Å². The Labute approximate surface area is 181 Å². The molecule has 2 aromatic rings. The van der Waals surface area contributed by atoms with E-state index in [2.05, 4.69) is 21.7 Å². The number of rotatable bonds is 7. The molecule has 0 unspecified atom stereocenters. The van der Waals surface area contributed by atoms with Gasteiger partial charge in [0.25, 0.3) is 0 Å². The lowest BCUT2D eigenvalue weighted by molar-refractivity contribution is 0.625. The molecule has 7 heteroatoms. The number of nitrogens with zero attached hydrogens (tertiary/aromatic N) is 2. The zero-order valence-electron chi connectivity index (χ0n) is 15.5. The summed E-state index contributed by atoms with van der Waals surface area (Å²) in [6, 6.07) is 14.4. The predicted octanol–water partition coefficient (Wildman–Crippen LogP) is 4.43. The monoisotopic (exact) mass is 498 g/mol. The summed E-state index contributed by atoms with van der Waals surface area (Å²) in [7, 11) is 0. The van der Waals surface area contributed by atoms with Gasteiger partial charge in [0.15, 0.2) is 5.96 Å². The van der Waals surface area contributed by atoms with Crippen molar-refractivity contribution in [2.75, 3.05) is 12.8 Å². The normalized spacial score (nSPS) is 10.7. The van der Waals surface area contributed by atoms with Gasteiger partial charge in [0.05, 0.1) is 18.2 Å². The van der Waals surface area contributed by atoms with Crippen molar-refractivity contribution < 1.29 is 4.39 Å². The molecule has 0 aromatic heterocycles. The van der Waals surface area contributed by atoms with Crippen LogP contribution in [0.4, 0.5) is 4.39 Å². The number of hydrogen-bond acceptors (Lipinski definition) is 3. The van der Waals surface area contributed by atoms with Gasteiger partial charge in [0.1, 0.15) is 5.82 Å². The molecule has 2 aromatic carbocycles. The fraction of sp³-hybridized carbons (Fsp3) is 0.300. The van der Waals surface area contributed by atoms with E-state index in [4.69, 9.17) is 5.26 Å². The average molecular weight is 498 g/mol. The van der Waals surface area contributed by atoms with Crippen molar-refractivity contribution in [3.05, 3.63) is 70.5 Å². The topological polar surface area (TPSA) is 60.2 Å². The van der Waals surface area contributed by atoms with Gasteiger partial charge in [-0.3, -0.25) is 0 Å². The molecule has 0 aliphatic heterocycles.